The van der Waals surface area contributed by atoms with E-state index in [2.05, 4.69) is 15.4 Å². The van der Waals surface area contributed by atoms with Crippen LogP contribution in [0, 0.1) is 12.8 Å². The van der Waals surface area contributed by atoms with Gasteiger partial charge >= 0.3 is 18.5 Å². The third-order valence-electron chi connectivity index (χ3n) is 8.61. The Bertz CT molecular complexity index is 1480. The first kappa shape index (κ1) is 33.8. The number of aliphatic hydroxyl groups is 1. The third-order valence-corrected chi connectivity index (χ3v) is 8.61. The Hall–Kier alpha value is -3.56. The number of fused-ring (bicyclic) bond motifs is 1. The molecule has 16 heteroatoms. The van der Waals surface area contributed by atoms with E-state index < -0.39 is 47.8 Å². The first-order valence-electron chi connectivity index (χ1n) is 14.9. The lowest BCUT2D eigenvalue weighted by Gasteiger charge is -2.34. The normalized spacial score (nSPS) is 18.2. The van der Waals surface area contributed by atoms with Gasteiger partial charge < -0.3 is 14.9 Å². The van der Waals surface area contributed by atoms with Crippen molar-refractivity contribution in [3.05, 3.63) is 63.7 Å². The van der Waals surface area contributed by atoms with Crippen LogP contribution in [0.4, 0.5) is 51.1 Å². The Balaban J connectivity index is 1.66. The minimum absolute atomic E-state index is 0.0352. The predicted molar refractivity (Wildman–Crippen MR) is 150 cm³/mol. The number of alkyl halides is 9. The van der Waals surface area contributed by atoms with Gasteiger partial charge in [-0.3, -0.25) is 0 Å². The van der Waals surface area contributed by atoms with Crippen molar-refractivity contribution in [2.75, 3.05) is 29.5 Å². The fourth-order valence-corrected chi connectivity index (χ4v) is 6.50. The van der Waals surface area contributed by atoms with Gasteiger partial charge in [0.2, 0.25) is 0 Å². The number of aromatic nitrogens is 4. The summed E-state index contributed by atoms with van der Waals surface area (Å²) >= 11 is 0. The molecule has 0 bridgehead atoms. The molecule has 3 aromatic rings. The molecule has 1 aliphatic heterocycles. The van der Waals surface area contributed by atoms with E-state index in [4.69, 9.17) is 0 Å². The molecular weight excluding hydrogens is 631 g/mol. The van der Waals surface area contributed by atoms with Gasteiger partial charge in [-0.2, -0.15) is 44.3 Å². The molecule has 1 N–H and O–H groups in total. The number of hydrogen-bond donors (Lipinski definition) is 1. The zero-order chi connectivity index (χ0) is 33.4. The Morgan fingerprint density at radius 2 is 1.50 bits per heavy atom. The third kappa shape index (κ3) is 7.52. The van der Waals surface area contributed by atoms with Crippen molar-refractivity contribution in [1.82, 2.24) is 20.2 Å². The van der Waals surface area contributed by atoms with E-state index in [9.17, 15) is 44.6 Å². The summed E-state index contributed by atoms with van der Waals surface area (Å²) in [5.74, 6) is 0.124. The van der Waals surface area contributed by atoms with Crippen LogP contribution in [-0.4, -0.2) is 45.0 Å². The zero-order valence-corrected chi connectivity index (χ0v) is 24.9. The summed E-state index contributed by atoms with van der Waals surface area (Å²) in [4.78, 5) is 4.33. The summed E-state index contributed by atoms with van der Waals surface area (Å²) in [7, 11) is 0. The highest BCUT2D eigenvalue weighted by Gasteiger charge is 2.40. The van der Waals surface area contributed by atoms with Crippen LogP contribution < -0.4 is 9.80 Å². The SMILES string of the molecule is Cc1cc2c(cc1C(F)(F)F)N(CC1CCCC1)CCC[C@@H]2N(Cc1cc(C(F)(F)F)cc(C(F)(F)F)c1)c1nnn(CCO)n1. The molecule has 0 saturated heterocycles. The number of halogens is 9. The first-order valence-corrected chi connectivity index (χ1v) is 14.9. The molecule has 0 unspecified atom stereocenters. The van der Waals surface area contributed by atoms with E-state index in [1.165, 1.54) is 17.9 Å². The summed E-state index contributed by atoms with van der Waals surface area (Å²) in [6.45, 7) is 1.24. The topological polar surface area (TPSA) is 70.3 Å². The number of aryl methyl sites for hydroxylation is 1. The molecule has 1 atom stereocenters. The summed E-state index contributed by atoms with van der Waals surface area (Å²) in [5.41, 5.74) is -3.50. The average molecular weight is 665 g/mol. The van der Waals surface area contributed by atoms with Crippen LogP contribution in [0.5, 0.6) is 0 Å². The number of aliphatic hydroxyl groups excluding tert-OH is 1. The second kappa shape index (κ2) is 12.9. The van der Waals surface area contributed by atoms with Crippen LogP contribution in [0.15, 0.2) is 30.3 Å². The highest BCUT2D eigenvalue weighted by molar-refractivity contribution is 5.62. The van der Waals surface area contributed by atoms with Crippen LogP contribution in [0.2, 0.25) is 0 Å². The summed E-state index contributed by atoms with van der Waals surface area (Å²) in [6, 6.07) is 2.92. The van der Waals surface area contributed by atoms with Crippen LogP contribution in [0.3, 0.4) is 0 Å². The smallest absolute Gasteiger partial charge is 0.394 e. The molecule has 0 spiro atoms. The van der Waals surface area contributed by atoms with E-state index in [1.807, 2.05) is 4.90 Å². The van der Waals surface area contributed by atoms with Crippen molar-refractivity contribution in [2.45, 2.75) is 83.1 Å². The summed E-state index contributed by atoms with van der Waals surface area (Å²) < 4.78 is 125. The first-order chi connectivity index (χ1) is 21.5. The van der Waals surface area contributed by atoms with E-state index in [1.54, 1.807) is 0 Å². The van der Waals surface area contributed by atoms with E-state index >= 15 is 0 Å². The van der Waals surface area contributed by atoms with Crippen molar-refractivity contribution in [2.24, 2.45) is 5.92 Å². The van der Waals surface area contributed by atoms with Gasteiger partial charge in [0.25, 0.3) is 5.95 Å². The standard InChI is InChI=1S/C30H33F9N6O/c1-18-11-23-25(7-4-8-43(16-19-5-2-3-6-19)26(23)15-24(18)30(37,38)39)44(27-40-42-45(41-27)9-10-46)17-20-12-21(28(31,32)33)14-22(13-20)29(34,35)36/h11-15,19,25,46H,2-10,16-17H2,1H3/t25-/m0/s1. The number of hydrogen-bond acceptors (Lipinski definition) is 6. The van der Waals surface area contributed by atoms with Gasteiger partial charge in [-0.15, -0.1) is 5.10 Å². The molecule has 1 aromatic heterocycles. The quantitative estimate of drug-likeness (QED) is 0.251. The van der Waals surface area contributed by atoms with Gasteiger partial charge in [-0.25, -0.2) is 0 Å². The highest BCUT2D eigenvalue weighted by atomic mass is 19.4. The summed E-state index contributed by atoms with van der Waals surface area (Å²) in [6.07, 6.45) is -10.1. The van der Waals surface area contributed by atoms with Crippen molar-refractivity contribution in [3.8, 4) is 0 Å². The lowest BCUT2D eigenvalue weighted by Crippen LogP contribution is -2.31. The van der Waals surface area contributed by atoms with Crippen molar-refractivity contribution in [1.29, 1.82) is 0 Å². The zero-order valence-electron chi connectivity index (χ0n) is 24.9. The van der Waals surface area contributed by atoms with Crippen LogP contribution in [-0.2, 0) is 31.6 Å². The number of rotatable bonds is 8. The lowest BCUT2D eigenvalue weighted by atomic mass is 9.94. The minimum Gasteiger partial charge on any atom is -0.394 e. The van der Waals surface area contributed by atoms with Gasteiger partial charge in [0, 0.05) is 25.3 Å². The molecule has 252 valence electrons. The van der Waals surface area contributed by atoms with Gasteiger partial charge in [-0.05, 0) is 84.7 Å². The number of anilines is 2. The maximum Gasteiger partial charge on any atom is 0.416 e. The number of tetrazole rings is 1. The fourth-order valence-electron chi connectivity index (χ4n) is 6.50. The lowest BCUT2D eigenvalue weighted by molar-refractivity contribution is -0.143. The van der Waals surface area contributed by atoms with Crippen molar-refractivity contribution in [3.63, 3.8) is 0 Å². The minimum atomic E-state index is -5.08. The molecule has 0 radical (unpaired) electrons. The van der Waals surface area contributed by atoms with Crippen molar-refractivity contribution < 1.29 is 44.6 Å². The summed E-state index contributed by atoms with van der Waals surface area (Å²) in [5, 5.41) is 21.4. The second-order valence-corrected chi connectivity index (χ2v) is 11.9. The number of nitrogens with zero attached hydrogens (tertiary/aromatic N) is 6. The molecule has 2 aliphatic rings. The molecule has 5 rings (SSSR count). The van der Waals surface area contributed by atoms with Crippen LogP contribution in [0.25, 0.3) is 0 Å². The largest absolute Gasteiger partial charge is 0.416 e. The molecule has 2 heterocycles. The maximum absolute atomic E-state index is 14.1. The molecule has 1 saturated carbocycles. The number of benzene rings is 2. The molecule has 46 heavy (non-hydrogen) atoms. The fraction of sp³-hybridized carbons (Fsp3) is 0.567. The molecular formula is C30H33F9N6O. The average Bonchev–Trinajstić information content (AvgIpc) is 3.61. The van der Waals surface area contributed by atoms with Gasteiger partial charge in [-0.1, -0.05) is 24.0 Å². The monoisotopic (exact) mass is 664 g/mol. The van der Waals surface area contributed by atoms with E-state index in [0.29, 0.717) is 49.3 Å². The van der Waals surface area contributed by atoms with Gasteiger partial charge in [0.05, 0.1) is 35.9 Å². The highest BCUT2D eigenvalue weighted by Crippen LogP contribution is 2.45. The van der Waals surface area contributed by atoms with Crippen LogP contribution >= 0.6 is 0 Å². The molecule has 1 fully saturated rings. The Morgan fingerprint density at radius 1 is 0.848 bits per heavy atom. The van der Waals surface area contributed by atoms with Gasteiger partial charge in [0.15, 0.2) is 0 Å². The van der Waals surface area contributed by atoms with Crippen LogP contribution in [0.1, 0.15) is 77.9 Å². The maximum atomic E-state index is 14.1. The Labute approximate surface area is 259 Å². The Morgan fingerprint density at radius 3 is 2.09 bits per heavy atom. The Kier molecular flexibility index (Phi) is 9.49. The molecule has 2 aromatic carbocycles. The van der Waals surface area contributed by atoms with Crippen molar-refractivity contribution >= 4 is 11.6 Å². The van der Waals surface area contributed by atoms with E-state index in [-0.39, 0.29) is 42.2 Å². The molecule has 0 amide bonds. The van der Waals surface area contributed by atoms with Gasteiger partial charge in [0.1, 0.15) is 0 Å². The van der Waals surface area contributed by atoms with E-state index in [0.717, 1.165) is 36.5 Å². The predicted octanol–water partition coefficient (Wildman–Crippen LogP) is 7.57. The molecule has 7 nitrogen and oxygen atoms in total. The molecule has 1 aliphatic carbocycles. The second-order valence-electron chi connectivity index (χ2n) is 11.9.